The minimum Gasteiger partial charge on any atom is -0.463 e. The number of hydrogen-bond acceptors (Lipinski definition) is 3. The molecule has 0 saturated carbocycles. The molecule has 2 unspecified atom stereocenters. The zero-order valence-corrected chi connectivity index (χ0v) is 10.5. The van der Waals surface area contributed by atoms with E-state index in [1.807, 2.05) is 51.1 Å². The van der Waals surface area contributed by atoms with E-state index in [-0.39, 0.29) is 5.97 Å². The maximum absolute atomic E-state index is 11.8. The van der Waals surface area contributed by atoms with Gasteiger partial charge < -0.3 is 9.47 Å². The Morgan fingerprint density at radius 3 is 2.65 bits per heavy atom. The molecule has 0 spiro atoms. The highest BCUT2D eigenvalue weighted by Crippen LogP contribution is 2.46. The number of benzene rings is 1. The lowest BCUT2D eigenvalue weighted by Gasteiger charge is -2.08. The van der Waals surface area contributed by atoms with Crippen LogP contribution in [0.3, 0.4) is 0 Å². The van der Waals surface area contributed by atoms with E-state index in [2.05, 4.69) is 0 Å². The van der Waals surface area contributed by atoms with Crippen molar-refractivity contribution in [2.24, 2.45) is 5.92 Å². The molecule has 3 nitrogen and oxygen atoms in total. The van der Waals surface area contributed by atoms with Gasteiger partial charge in [0.15, 0.2) is 6.10 Å². The molecule has 1 aromatic carbocycles. The molecule has 2 rings (SSSR count). The third kappa shape index (κ3) is 2.50. The Hall–Kier alpha value is -1.35. The molecule has 17 heavy (non-hydrogen) atoms. The van der Waals surface area contributed by atoms with Crippen LogP contribution in [-0.2, 0) is 19.9 Å². The smallest absolute Gasteiger partial charge is 0.338 e. The Balaban J connectivity index is 1.97. The average molecular weight is 234 g/mol. The van der Waals surface area contributed by atoms with Crippen LogP contribution in [0, 0.1) is 5.92 Å². The van der Waals surface area contributed by atoms with Gasteiger partial charge in [-0.15, -0.1) is 0 Å². The monoisotopic (exact) mass is 234 g/mol. The molecule has 0 N–H and O–H groups in total. The summed E-state index contributed by atoms with van der Waals surface area (Å²) >= 11 is 0. The van der Waals surface area contributed by atoms with E-state index < -0.39 is 11.7 Å². The molecule has 0 aliphatic carbocycles. The van der Waals surface area contributed by atoms with Crippen LogP contribution in [0.25, 0.3) is 0 Å². The van der Waals surface area contributed by atoms with Gasteiger partial charge in [-0.05, 0) is 18.4 Å². The molecule has 1 heterocycles. The Labute approximate surface area is 102 Å². The topological polar surface area (TPSA) is 38.8 Å². The van der Waals surface area contributed by atoms with Crippen LogP contribution in [0.1, 0.15) is 26.3 Å². The number of esters is 1. The predicted octanol–water partition coefficient (Wildman–Crippen LogP) is 2.50. The van der Waals surface area contributed by atoms with Crippen LogP contribution in [0.2, 0.25) is 0 Å². The normalized spacial score (nSPS) is 26.9. The molecule has 3 heteroatoms. The lowest BCUT2D eigenvalue weighted by Crippen LogP contribution is -2.20. The number of carbonyl (C=O) groups excluding carboxylic acids is 1. The van der Waals surface area contributed by atoms with Crippen molar-refractivity contribution in [3.63, 3.8) is 0 Å². The minimum atomic E-state index is -0.505. The van der Waals surface area contributed by atoms with Gasteiger partial charge in [-0.2, -0.15) is 0 Å². The number of epoxide rings is 1. The van der Waals surface area contributed by atoms with Crippen molar-refractivity contribution in [3.05, 3.63) is 35.9 Å². The molecule has 1 aliphatic heterocycles. The average Bonchev–Trinajstić information content (AvgIpc) is 3.01. The summed E-state index contributed by atoms with van der Waals surface area (Å²) < 4.78 is 10.7. The first-order valence-electron chi connectivity index (χ1n) is 5.94. The summed E-state index contributed by atoms with van der Waals surface area (Å²) in [6, 6.07) is 9.77. The van der Waals surface area contributed by atoms with Gasteiger partial charge in [-0.1, -0.05) is 44.2 Å². The maximum Gasteiger partial charge on any atom is 0.338 e. The van der Waals surface area contributed by atoms with E-state index >= 15 is 0 Å². The standard InChI is InChI=1S/C14H18O3/c1-10(2)9-16-13(15)12-14(3,17-12)11-7-5-4-6-8-11/h4-8,10,12H,9H2,1-3H3. The van der Waals surface area contributed by atoms with Gasteiger partial charge >= 0.3 is 5.97 Å². The van der Waals surface area contributed by atoms with E-state index in [4.69, 9.17) is 9.47 Å². The second-order valence-electron chi connectivity index (χ2n) is 4.99. The first-order chi connectivity index (χ1) is 8.04. The Morgan fingerprint density at radius 2 is 2.06 bits per heavy atom. The van der Waals surface area contributed by atoms with Crippen molar-refractivity contribution >= 4 is 5.97 Å². The zero-order chi connectivity index (χ0) is 12.5. The molecule has 92 valence electrons. The summed E-state index contributed by atoms with van der Waals surface area (Å²) in [6.45, 7) is 6.39. The summed E-state index contributed by atoms with van der Waals surface area (Å²) in [5.74, 6) is 0.0886. The Bertz CT molecular complexity index is 399. The van der Waals surface area contributed by atoms with Gasteiger partial charge in [0.2, 0.25) is 0 Å². The van der Waals surface area contributed by atoms with Crippen molar-refractivity contribution in [2.75, 3.05) is 6.61 Å². The van der Waals surface area contributed by atoms with Gasteiger partial charge in [0, 0.05) is 0 Å². The van der Waals surface area contributed by atoms with Crippen LogP contribution >= 0.6 is 0 Å². The molecule has 1 aromatic rings. The molecule has 0 radical (unpaired) electrons. The molecule has 1 saturated heterocycles. The van der Waals surface area contributed by atoms with Crippen LogP contribution in [-0.4, -0.2) is 18.7 Å². The van der Waals surface area contributed by atoms with Crippen LogP contribution in [0.15, 0.2) is 30.3 Å². The van der Waals surface area contributed by atoms with E-state index in [9.17, 15) is 4.79 Å². The van der Waals surface area contributed by atoms with Gasteiger partial charge in [0.05, 0.1) is 6.61 Å². The first-order valence-corrected chi connectivity index (χ1v) is 5.94. The quantitative estimate of drug-likeness (QED) is 0.593. The lowest BCUT2D eigenvalue weighted by molar-refractivity contribution is -0.146. The number of carbonyl (C=O) groups is 1. The summed E-state index contributed by atoms with van der Waals surface area (Å²) in [5.41, 5.74) is 0.515. The highest BCUT2D eigenvalue weighted by molar-refractivity contribution is 5.79. The van der Waals surface area contributed by atoms with Crippen LogP contribution in [0.5, 0.6) is 0 Å². The van der Waals surface area contributed by atoms with Crippen molar-refractivity contribution in [1.29, 1.82) is 0 Å². The Kier molecular flexibility index (Phi) is 3.20. The fourth-order valence-corrected chi connectivity index (χ4v) is 1.80. The second-order valence-corrected chi connectivity index (χ2v) is 4.99. The molecule has 0 aromatic heterocycles. The molecular weight excluding hydrogens is 216 g/mol. The third-order valence-electron chi connectivity index (χ3n) is 2.93. The molecule has 0 bridgehead atoms. The van der Waals surface area contributed by atoms with Gasteiger partial charge in [-0.3, -0.25) is 0 Å². The number of ether oxygens (including phenoxy) is 2. The fourth-order valence-electron chi connectivity index (χ4n) is 1.80. The van der Waals surface area contributed by atoms with E-state index in [0.29, 0.717) is 12.5 Å². The van der Waals surface area contributed by atoms with Crippen molar-refractivity contribution in [3.8, 4) is 0 Å². The molecule has 1 aliphatic rings. The molecule has 1 fully saturated rings. The second kappa shape index (κ2) is 4.49. The van der Waals surface area contributed by atoms with Crippen molar-refractivity contribution < 1.29 is 14.3 Å². The van der Waals surface area contributed by atoms with Gasteiger partial charge in [0.1, 0.15) is 5.60 Å². The number of rotatable bonds is 4. The van der Waals surface area contributed by atoms with Crippen molar-refractivity contribution in [1.82, 2.24) is 0 Å². The maximum atomic E-state index is 11.8. The summed E-state index contributed by atoms with van der Waals surface area (Å²) in [5, 5.41) is 0. The van der Waals surface area contributed by atoms with Crippen molar-refractivity contribution in [2.45, 2.75) is 32.5 Å². The Morgan fingerprint density at radius 1 is 1.41 bits per heavy atom. The molecular formula is C14H18O3. The van der Waals surface area contributed by atoms with Crippen LogP contribution < -0.4 is 0 Å². The predicted molar refractivity (Wildman–Crippen MR) is 64.5 cm³/mol. The van der Waals surface area contributed by atoms with Gasteiger partial charge in [0.25, 0.3) is 0 Å². The molecule has 2 atom stereocenters. The van der Waals surface area contributed by atoms with Crippen LogP contribution in [0.4, 0.5) is 0 Å². The minimum absolute atomic E-state index is 0.259. The SMILES string of the molecule is CC(C)COC(=O)C1OC1(C)c1ccccc1. The summed E-state index contributed by atoms with van der Waals surface area (Å²) in [4.78, 5) is 11.8. The molecule has 0 amide bonds. The zero-order valence-electron chi connectivity index (χ0n) is 10.5. The van der Waals surface area contributed by atoms with E-state index in [1.165, 1.54) is 0 Å². The van der Waals surface area contributed by atoms with E-state index in [1.54, 1.807) is 0 Å². The summed E-state index contributed by atoms with van der Waals surface area (Å²) in [7, 11) is 0. The van der Waals surface area contributed by atoms with Gasteiger partial charge in [-0.25, -0.2) is 4.79 Å². The lowest BCUT2D eigenvalue weighted by atomic mass is 9.97. The van der Waals surface area contributed by atoms with E-state index in [0.717, 1.165) is 5.56 Å². The first kappa shape index (κ1) is 12.1. The third-order valence-corrected chi connectivity index (χ3v) is 2.93. The highest BCUT2D eigenvalue weighted by atomic mass is 16.7. The highest BCUT2D eigenvalue weighted by Gasteiger charge is 2.59. The number of hydrogen-bond donors (Lipinski definition) is 0. The fraction of sp³-hybridized carbons (Fsp3) is 0.500. The summed E-state index contributed by atoms with van der Waals surface area (Å²) in [6.07, 6.45) is -0.455. The largest absolute Gasteiger partial charge is 0.463 e.